The van der Waals surface area contributed by atoms with E-state index < -0.39 is 0 Å². The van der Waals surface area contributed by atoms with E-state index in [1.165, 1.54) is 0 Å². The van der Waals surface area contributed by atoms with Gasteiger partial charge in [0.05, 0.1) is 18.2 Å². The lowest BCUT2D eigenvalue weighted by molar-refractivity contribution is -0.145. The van der Waals surface area contributed by atoms with Crippen molar-refractivity contribution in [1.82, 2.24) is 24.9 Å². The number of urea groups is 1. The number of hydrogen-bond acceptors (Lipinski definition) is 5. The molecule has 2 heterocycles. The van der Waals surface area contributed by atoms with Crippen LogP contribution in [0.25, 0.3) is 0 Å². The van der Waals surface area contributed by atoms with E-state index >= 15 is 0 Å². The van der Waals surface area contributed by atoms with Crippen LogP contribution in [-0.4, -0.2) is 76.8 Å². The van der Waals surface area contributed by atoms with Gasteiger partial charge in [0.1, 0.15) is 5.69 Å². The topological polar surface area (TPSA) is 96.8 Å². The molecule has 28 heavy (non-hydrogen) atoms. The number of nitrogens with one attached hydrogen (secondary N) is 1. The van der Waals surface area contributed by atoms with Gasteiger partial charge in [0.2, 0.25) is 0 Å². The van der Waals surface area contributed by atoms with Crippen LogP contribution in [0, 0.1) is 18.8 Å². The molecule has 3 amide bonds. The molecule has 9 heteroatoms. The Hall–Kier alpha value is -2.58. The quantitative estimate of drug-likeness (QED) is 0.630. The summed E-state index contributed by atoms with van der Waals surface area (Å²) in [5, 5.41) is 7.14. The number of rotatable bonds is 9. The number of carbonyl (C=O) groups excluding carboxylic acids is 3. The largest absolute Gasteiger partial charge is 0.466 e. The number of aromatic nitrogens is 2. The minimum absolute atomic E-state index is 0.0994. The summed E-state index contributed by atoms with van der Waals surface area (Å²) in [4.78, 5) is 40.4. The van der Waals surface area contributed by atoms with Gasteiger partial charge in [-0.25, -0.2) is 4.79 Å². The van der Waals surface area contributed by atoms with Crippen molar-refractivity contribution in [3.8, 4) is 0 Å². The van der Waals surface area contributed by atoms with Crippen LogP contribution in [0.5, 0.6) is 0 Å². The van der Waals surface area contributed by atoms with Crippen molar-refractivity contribution >= 4 is 17.9 Å². The first-order chi connectivity index (χ1) is 13.4. The molecule has 0 radical (unpaired) electrons. The van der Waals surface area contributed by atoms with Gasteiger partial charge in [0.25, 0.3) is 5.91 Å². The standard InChI is InChI=1S/C19H29N5O4/c1-4-24-16(10-13(3)21-24)17(25)23(9-8-22-7-6-20-19(22)27)12-14-11-15(14)18(26)28-5-2/h10,14-15H,4-9,11-12H2,1-3H3,(H,20,27)/t14-,15-/m0/s1. The Morgan fingerprint density at radius 2 is 2.18 bits per heavy atom. The molecule has 2 atom stereocenters. The number of nitrogens with zero attached hydrogens (tertiary/aromatic N) is 4. The van der Waals surface area contributed by atoms with Crippen molar-refractivity contribution in [3.63, 3.8) is 0 Å². The fraction of sp³-hybridized carbons (Fsp3) is 0.684. The highest BCUT2D eigenvalue weighted by molar-refractivity contribution is 5.93. The van der Waals surface area contributed by atoms with Crippen molar-refractivity contribution in [2.75, 3.05) is 39.3 Å². The number of carbonyl (C=O) groups is 3. The van der Waals surface area contributed by atoms with Crippen LogP contribution in [0.4, 0.5) is 4.79 Å². The fourth-order valence-electron chi connectivity index (χ4n) is 3.63. The van der Waals surface area contributed by atoms with E-state index in [0.29, 0.717) is 51.6 Å². The minimum Gasteiger partial charge on any atom is -0.466 e. The SMILES string of the molecule is CCOC(=O)[C@H]1C[C@H]1CN(CCN1CCNC1=O)C(=O)c1cc(C)nn1CC. The van der Waals surface area contributed by atoms with Gasteiger partial charge in [0, 0.05) is 39.3 Å². The summed E-state index contributed by atoms with van der Waals surface area (Å²) in [6, 6.07) is 1.69. The second-order valence-electron chi connectivity index (χ2n) is 7.31. The Balaban J connectivity index is 1.69. The molecule has 3 rings (SSSR count). The molecule has 1 aliphatic heterocycles. The van der Waals surface area contributed by atoms with Crippen molar-refractivity contribution < 1.29 is 19.1 Å². The summed E-state index contributed by atoms with van der Waals surface area (Å²) in [6.07, 6.45) is 0.735. The van der Waals surface area contributed by atoms with Crippen molar-refractivity contribution in [3.05, 3.63) is 17.5 Å². The Morgan fingerprint density at radius 1 is 1.39 bits per heavy atom. The Bertz CT molecular complexity index is 747. The third kappa shape index (κ3) is 4.45. The number of hydrogen-bond donors (Lipinski definition) is 1. The van der Waals surface area contributed by atoms with Gasteiger partial charge < -0.3 is 19.9 Å². The highest BCUT2D eigenvalue weighted by Crippen LogP contribution is 2.40. The Kier molecular flexibility index (Phi) is 6.21. The van der Waals surface area contributed by atoms with Crippen LogP contribution in [0.15, 0.2) is 6.07 Å². The molecular weight excluding hydrogens is 362 g/mol. The molecular formula is C19H29N5O4. The summed E-state index contributed by atoms with van der Waals surface area (Å²) in [5.74, 6) is -0.331. The van der Waals surface area contributed by atoms with Crippen LogP contribution in [-0.2, 0) is 16.1 Å². The van der Waals surface area contributed by atoms with E-state index in [-0.39, 0.29) is 29.7 Å². The molecule has 2 fully saturated rings. The average molecular weight is 391 g/mol. The van der Waals surface area contributed by atoms with Crippen LogP contribution in [0.2, 0.25) is 0 Å². The molecule has 0 bridgehead atoms. The van der Waals surface area contributed by atoms with E-state index in [4.69, 9.17) is 4.74 Å². The van der Waals surface area contributed by atoms with Crippen LogP contribution in [0.1, 0.15) is 36.5 Å². The predicted octanol–water partition coefficient (Wildman–Crippen LogP) is 0.878. The number of ether oxygens (including phenoxy) is 1. The summed E-state index contributed by atoms with van der Waals surface area (Å²) in [6.45, 7) is 9.20. The zero-order chi connectivity index (χ0) is 20.3. The smallest absolute Gasteiger partial charge is 0.317 e. The Morgan fingerprint density at radius 3 is 2.82 bits per heavy atom. The van der Waals surface area contributed by atoms with Gasteiger partial charge in [-0.1, -0.05) is 0 Å². The summed E-state index contributed by atoms with van der Waals surface area (Å²) < 4.78 is 6.80. The van der Waals surface area contributed by atoms with E-state index in [9.17, 15) is 14.4 Å². The number of esters is 1. The van der Waals surface area contributed by atoms with Crippen LogP contribution >= 0.6 is 0 Å². The van der Waals surface area contributed by atoms with Gasteiger partial charge in [-0.2, -0.15) is 5.10 Å². The van der Waals surface area contributed by atoms with E-state index in [0.717, 1.165) is 12.1 Å². The number of amides is 3. The third-order valence-electron chi connectivity index (χ3n) is 5.26. The highest BCUT2D eigenvalue weighted by Gasteiger charge is 2.45. The maximum atomic E-state index is 13.2. The normalized spacial score (nSPS) is 20.8. The molecule has 1 aliphatic carbocycles. The zero-order valence-electron chi connectivity index (χ0n) is 16.8. The molecule has 2 aliphatic rings. The minimum atomic E-state index is -0.187. The third-order valence-corrected chi connectivity index (χ3v) is 5.26. The van der Waals surface area contributed by atoms with Crippen molar-refractivity contribution in [2.45, 2.75) is 33.7 Å². The first kappa shape index (κ1) is 20.2. The van der Waals surface area contributed by atoms with Gasteiger partial charge in [-0.05, 0) is 39.2 Å². The molecule has 0 aromatic carbocycles. The average Bonchev–Trinajstić information content (AvgIpc) is 3.16. The van der Waals surface area contributed by atoms with E-state index in [1.54, 1.807) is 27.5 Å². The summed E-state index contributed by atoms with van der Waals surface area (Å²) in [5.41, 5.74) is 1.33. The Labute approximate surface area is 165 Å². The van der Waals surface area contributed by atoms with Gasteiger partial charge in [-0.15, -0.1) is 0 Å². The van der Waals surface area contributed by atoms with Crippen LogP contribution in [0.3, 0.4) is 0 Å². The molecule has 1 N–H and O–H groups in total. The van der Waals surface area contributed by atoms with E-state index in [2.05, 4.69) is 10.4 Å². The molecule has 9 nitrogen and oxygen atoms in total. The lowest BCUT2D eigenvalue weighted by Gasteiger charge is -2.25. The molecule has 1 aromatic heterocycles. The maximum Gasteiger partial charge on any atom is 0.317 e. The molecule has 0 unspecified atom stereocenters. The highest BCUT2D eigenvalue weighted by atomic mass is 16.5. The predicted molar refractivity (Wildman–Crippen MR) is 102 cm³/mol. The first-order valence-corrected chi connectivity index (χ1v) is 9.97. The fourth-order valence-corrected chi connectivity index (χ4v) is 3.63. The van der Waals surface area contributed by atoms with Crippen LogP contribution < -0.4 is 5.32 Å². The monoisotopic (exact) mass is 391 g/mol. The lowest BCUT2D eigenvalue weighted by atomic mass is 10.2. The molecule has 1 saturated carbocycles. The van der Waals surface area contributed by atoms with E-state index in [1.807, 2.05) is 13.8 Å². The van der Waals surface area contributed by atoms with Gasteiger partial charge in [-0.3, -0.25) is 14.3 Å². The lowest BCUT2D eigenvalue weighted by Crippen LogP contribution is -2.41. The molecule has 1 aromatic rings. The second kappa shape index (κ2) is 8.62. The summed E-state index contributed by atoms with van der Waals surface area (Å²) in [7, 11) is 0. The van der Waals surface area contributed by atoms with Gasteiger partial charge >= 0.3 is 12.0 Å². The maximum absolute atomic E-state index is 13.2. The molecule has 154 valence electrons. The summed E-state index contributed by atoms with van der Waals surface area (Å²) >= 11 is 0. The molecule has 1 saturated heterocycles. The first-order valence-electron chi connectivity index (χ1n) is 9.97. The zero-order valence-corrected chi connectivity index (χ0v) is 16.8. The van der Waals surface area contributed by atoms with Crippen molar-refractivity contribution in [1.29, 1.82) is 0 Å². The molecule has 0 spiro atoms. The van der Waals surface area contributed by atoms with Gasteiger partial charge in [0.15, 0.2) is 0 Å². The van der Waals surface area contributed by atoms with Crippen molar-refractivity contribution in [2.24, 2.45) is 11.8 Å². The second-order valence-corrected chi connectivity index (χ2v) is 7.31. The number of aryl methyl sites for hydroxylation is 2.